The van der Waals surface area contributed by atoms with Crippen molar-refractivity contribution in [2.24, 2.45) is 5.92 Å². The van der Waals surface area contributed by atoms with Crippen LogP contribution in [0.1, 0.15) is 27.7 Å². The van der Waals surface area contributed by atoms with Crippen molar-refractivity contribution in [3.63, 3.8) is 0 Å². The van der Waals surface area contributed by atoms with E-state index in [0.29, 0.717) is 5.92 Å². The maximum Gasteiger partial charge on any atom is 0.250 e. The standard InChI is InChI=1S/C16H24OSi/c1-12-14-10-8-7-9-13(14)11-15(12)17-18(5,6)16(2,3)4/h7-11,13H,1-6H3. The molecule has 0 saturated heterocycles. The maximum absolute atomic E-state index is 6.44. The molecular weight excluding hydrogens is 236 g/mol. The van der Waals surface area contributed by atoms with Crippen LogP contribution < -0.4 is 0 Å². The van der Waals surface area contributed by atoms with Crippen LogP contribution in [0.2, 0.25) is 18.1 Å². The van der Waals surface area contributed by atoms with Gasteiger partial charge in [0, 0.05) is 5.92 Å². The highest BCUT2D eigenvalue weighted by Crippen LogP contribution is 2.42. The van der Waals surface area contributed by atoms with Crippen LogP contribution in [0.25, 0.3) is 0 Å². The summed E-state index contributed by atoms with van der Waals surface area (Å²) in [4.78, 5) is 0. The van der Waals surface area contributed by atoms with Crippen molar-refractivity contribution in [3.05, 3.63) is 47.3 Å². The Labute approximate surface area is 112 Å². The Morgan fingerprint density at radius 1 is 1.17 bits per heavy atom. The van der Waals surface area contributed by atoms with Crippen molar-refractivity contribution in [2.75, 3.05) is 0 Å². The third kappa shape index (κ3) is 2.26. The average Bonchev–Trinajstić information content (AvgIpc) is 2.54. The summed E-state index contributed by atoms with van der Waals surface area (Å²) in [7, 11) is -1.73. The molecule has 1 atom stereocenters. The Hall–Kier alpha value is -1.02. The molecule has 1 nitrogen and oxygen atoms in total. The molecule has 0 N–H and O–H groups in total. The lowest BCUT2D eigenvalue weighted by atomic mass is 9.96. The van der Waals surface area contributed by atoms with E-state index in [9.17, 15) is 0 Å². The molecule has 0 saturated carbocycles. The van der Waals surface area contributed by atoms with E-state index in [1.165, 1.54) is 11.1 Å². The molecule has 2 heteroatoms. The van der Waals surface area contributed by atoms with Gasteiger partial charge in [-0.05, 0) is 42.3 Å². The summed E-state index contributed by atoms with van der Waals surface area (Å²) in [6, 6.07) is 0. The molecule has 2 aliphatic rings. The van der Waals surface area contributed by atoms with Gasteiger partial charge in [0.25, 0.3) is 0 Å². The van der Waals surface area contributed by atoms with Crippen molar-refractivity contribution in [1.29, 1.82) is 0 Å². The van der Waals surface area contributed by atoms with Crippen LogP contribution in [0.5, 0.6) is 0 Å². The van der Waals surface area contributed by atoms with Crippen LogP contribution in [0.15, 0.2) is 47.3 Å². The lowest BCUT2D eigenvalue weighted by Crippen LogP contribution is -2.40. The lowest BCUT2D eigenvalue weighted by molar-refractivity contribution is 0.394. The van der Waals surface area contributed by atoms with Crippen LogP contribution in [-0.2, 0) is 4.43 Å². The molecule has 98 valence electrons. The van der Waals surface area contributed by atoms with Crippen molar-refractivity contribution in [3.8, 4) is 0 Å². The van der Waals surface area contributed by atoms with Crippen LogP contribution in [0, 0.1) is 5.92 Å². The Morgan fingerprint density at radius 2 is 1.83 bits per heavy atom. The van der Waals surface area contributed by atoms with E-state index in [1.54, 1.807) is 0 Å². The molecule has 0 aliphatic heterocycles. The van der Waals surface area contributed by atoms with Crippen molar-refractivity contribution < 1.29 is 4.43 Å². The molecule has 18 heavy (non-hydrogen) atoms. The van der Waals surface area contributed by atoms with E-state index in [1.807, 2.05) is 0 Å². The zero-order valence-electron chi connectivity index (χ0n) is 12.4. The minimum Gasteiger partial charge on any atom is -0.544 e. The molecule has 0 aromatic heterocycles. The minimum atomic E-state index is -1.73. The summed E-state index contributed by atoms with van der Waals surface area (Å²) >= 11 is 0. The average molecular weight is 260 g/mol. The molecule has 0 heterocycles. The fraction of sp³-hybridized carbons (Fsp3) is 0.500. The Kier molecular flexibility index (Phi) is 3.18. The molecule has 0 aromatic carbocycles. The van der Waals surface area contributed by atoms with Crippen LogP contribution in [-0.4, -0.2) is 8.32 Å². The highest BCUT2D eigenvalue weighted by atomic mass is 28.4. The van der Waals surface area contributed by atoms with Gasteiger partial charge < -0.3 is 4.43 Å². The Balaban J connectivity index is 2.25. The zero-order valence-corrected chi connectivity index (χ0v) is 13.4. The quantitative estimate of drug-likeness (QED) is 0.637. The third-order valence-electron chi connectivity index (χ3n) is 4.37. The van der Waals surface area contributed by atoms with E-state index in [-0.39, 0.29) is 5.04 Å². The lowest BCUT2D eigenvalue weighted by Gasteiger charge is -2.37. The topological polar surface area (TPSA) is 9.23 Å². The predicted molar refractivity (Wildman–Crippen MR) is 80.8 cm³/mol. The summed E-state index contributed by atoms with van der Waals surface area (Å²) in [6.45, 7) is 13.6. The van der Waals surface area contributed by atoms with Crippen molar-refractivity contribution in [1.82, 2.24) is 0 Å². The molecule has 0 aromatic rings. The normalized spacial score (nSPS) is 23.2. The van der Waals surface area contributed by atoms with Gasteiger partial charge >= 0.3 is 0 Å². The Bertz CT molecular complexity index is 470. The van der Waals surface area contributed by atoms with Crippen LogP contribution in [0.3, 0.4) is 0 Å². The number of fused-ring (bicyclic) bond motifs is 1. The van der Waals surface area contributed by atoms with E-state index in [2.05, 4.69) is 71.2 Å². The highest BCUT2D eigenvalue weighted by molar-refractivity contribution is 6.74. The monoisotopic (exact) mass is 260 g/mol. The van der Waals surface area contributed by atoms with Crippen LogP contribution in [0.4, 0.5) is 0 Å². The first-order valence-corrected chi connectivity index (χ1v) is 9.60. The van der Waals surface area contributed by atoms with Gasteiger partial charge in [0.2, 0.25) is 8.32 Å². The van der Waals surface area contributed by atoms with Gasteiger partial charge in [-0.2, -0.15) is 0 Å². The summed E-state index contributed by atoms with van der Waals surface area (Å²) in [5.74, 6) is 1.53. The second kappa shape index (κ2) is 4.27. The second-order valence-electron chi connectivity index (χ2n) is 6.74. The first-order valence-electron chi connectivity index (χ1n) is 6.69. The van der Waals surface area contributed by atoms with Crippen LogP contribution >= 0.6 is 0 Å². The number of hydrogen-bond acceptors (Lipinski definition) is 1. The van der Waals surface area contributed by atoms with E-state index in [0.717, 1.165) is 5.76 Å². The molecular formula is C16H24OSi. The van der Waals surface area contributed by atoms with Gasteiger partial charge in [-0.3, -0.25) is 0 Å². The molecule has 0 spiro atoms. The van der Waals surface area contributed by atoms with Gasteiger partial charge in [-0.1, -0.05) is 45.1 Å². The Morgan fingerprint density at radius 3 is 2.39 bits per heavy atom. The van der Waals surface area contributed by atoms with Gasteiger partial charge in [0.05, 0.1) is 0 Å². The largest absolute Gasteiger partial charge is 0.544 e. The molecule has 2 rings (SSSR count). The summed E-state index contributed by atoms with van der Waals surface area (Å²) < 4.78 is 6.44. The van der Waals surface area contributed by atoms with E-state index < -0.39 is 8.32 Å². The fourth-order valence-electron chi connectivity index (χ4n) is 2.05. The highest BCUT2D eigenvalue weighted by Gasteiger charge is 2.40. The minimum absolute atomic E-state index is 0.248. The molecule has 0 radical (unpaired) electrons. The fourth-order valence-corrected chi connectivity index (χ4v) is 3.12. The van der Waals surface area contributed by atoms with Gasteiger partial charge in [-0.15, -0.1) is 0 Å². The first-order chi connectivity index (χ1) is 8.22. The molecule has 1 unspecified atom stereocenters. The predicted octanol–water partition coefficient (Wildman–Crippen LogP) is 4.96. The van der Waals surface area contributed by atoms with Gasteiger partial charge in [0.15, 0.2) is 0 Å². The molecule has 0 bridgehead atoms. The van der Waals surface area contributed by atoms with Crippen molar-refractivity contribution >= 4 is 8.32 Å². The van der Waals surface area contributed by atoms with Gasteiger partial charge in [-0.25, -0.2) is 0 Å². The van der Waals surface area contributed by atoms with Crippen molar-refractivity contribution in [2.45, 2.75) is 45.8 Å². The molecule has 2 aliphatic carbocycles. The summed E-state index contributed by atoms with van der Waals surface area (Å²) in [5.41, 5.74) is 2.71. The smallest absolute Gasteiger partial charge is 0.250 e. The maximum atomic E-state index is 6.44. The summed E-state index contributed by atoms with van der Waals surface area (Å²) in [5, 5.41) is 0.248. The van der Waals surface area contributed by atoms with E-state index in [4.69, 9.17) is 4.43 Å². The zero-order chi connectivity index (χ0) is 13.6. The van der Waals surface area contributed by atoms with E-state index >= 15 is 0 Å². The first kappa shape index (κ1) is 13.4. The SMILES string of the molecule is CC1=C2C=CC=CC2C=C1O[Si](C)(C)C(C)(C)C. The molecule has 0 fully saturated rings. The van der Waals surface area contributed by atoms with Gasteiger partial charge in [0.1, 0.15) is 5.76 Å². The number of hydrogen-bond donors (Lipinski definition) is 0. The number of allylic oxidation sites excluding steroid dienone is 7. The number of rotatable bonds is 2. The third-order valence-corrected chi connectivity index (χ3v) is 8.71. The molecule has 0 amide bonds. The second-order valence-corrected chi connectivity index (χ2v) is 11.5. The summed E-state index contributed by atoms with van der Waals surface area (Å²) in [6.07, 6.45) is 10.9.